The molecule has 162 valence electrons. The first kappa shape index (κ1) is 24.0. The molecule has 0 aliphatic carbocycles. The molecular formula is C23H28Cl2N2O3. The lowest BCUT2D eigenvalue weighted by atomic mass is 10.1. The van der Waals surface area contributed by atoms with Crippen molar-refractivity contribution in [2.75, 3.05) is 7.11 Å². The Morgan fingerprint density at radius 1 is 1.10 bits per heavy atom. The second-order valence-electron chi connectivity index (χ2n) is 8.17. The van der Waals surface area contributed by atoms with Gasteiger partial charge in [-0.15, -0.1) is 0 Å². The van der Waals surface area contributed by atoms with Gasteiger partial charge < -0.3 is 15.0 Å². The van der Waals surface area contributed by atoms with Gasteiger partial charge in [-0.05, 0) is 63.1 Å². The minimum atomic E-state index is -0.691. The summed E-state index contributed by atoms with van der Waals surface area (Å²) in [7, 11) is 1.58. The third-order valence-electron chi connectivity index (χ3n) is 4.54. The number of rotatable bonds is 7. The van der Waals surface area contributed by atoms with Gasteiger partial charge in [0, 0.05) is 22.1 Å². The van der Waals surface area contributed by atoms with Crippen molar-refractivity contribution < 1.29 is 14.3 Å². The van der Waals surface area contributed by atoms with E-state index in [0.29, 0.717) is 21.4 Å². The lowest BCUT2D eigenvalue weighted by Crippen LogP contribution is -2.52. The van der Waals surface area contributed by atoms with Gasteiger partial charge in [0.25, 0.3) is 0 Å². The summed E-state index contributed by atoms with van der Waals surface area (Å²) in [5.41, 5.74) is 0.982. The van der Waals surface area contributed by atoms with Crippen molar-refractivity contribution in [2.24, 2.45) is 0 Å². The van der Waals surface area contributed by atoms with Gasteiger partial charge in [-0.1, -0.05) is 41.4 Å². The molecule has 2 aromatic carbocycles. The molecule has 1 atom stereocenters. The first-order valence-corrected chi connectivity index (χ1v) is 10.4. The van der Waals surface area contributed by atoms with Crippen molar-refractivity contribution in [2.45, 2.75) is 52.2 Å². The van der Waals surface area contributed by atoms with Gasteiger partial charge in [0.15, 0.2) is 0 Å². The summed E-state index contributed by atoms with van der Waals surface area (Å²) >= 11 is 12.5. The Hall–Kier alpha value is -2.24. The molecule has 0 saturated carbocycles. The van der Waals surface area contributed by atoms with Gasteiger partial charge in [0.2, 0.25) is 11.8 Å². The molecule has 30 heavy (non-hydrogen) atoms. The Balaban J connectivity index is 2.33. The van der Waals surface area contributed by atoms with Crippen LogP contribution in [0.3, 0.4) is 0 Å². The number of hydrogen-bond donors (Lipinski definition) is 1. The molecule has 0 radical (unpaired) electrons. The summed E-state index contributed by atoms with van der Waals surface area (Å²) in [6, 6.07) is 11.8. The van der Waals surface area contributed by atoms with Gasteiger partial charge in [-0.2, -0.15) is 0 Å². The predicted octanol–water partition coefficient (Wildman–Crippen LogP) is 4.88. The number of methoxy groups -OCH3 is 1. The number of carbonyl (C=O) groups is 2. The zero-order valence-corrected chi connectivity index (χ0v) is 19.5. The highest BCUT2D eigenvalue weighted by atomic mass is 35.5. The Labute approximate surface area is 188 Å². The lowest BCUT2D eigenvalue weighted by Gasteiger charge is -2.31. The highest BCUT2D eigenvalue weighted by Crippen LogP contribution is 2.26. The van der Waals surface area contributed by atoms with Gasteiger partial charge in [0.1, 0.15) is 11.8 Å². The number of nitrogens with one attached hydrogen (secondary N) is 1. The maximum absolute atomic E-state index is 13.3. The fourth-order valence-corrected chi connectivity index (χ4v) is 3.51. The average Bonchev–Trinajstić information content (AvgIpc) is 2.67. The van der Waals surface area contributed by atoms with E-state index in [4.69, 9.17) is 27.9 Å². The summed E-state index contributed by atoms with van der Waals surface area (Å²) in [6.45, 7) is 7.66. The van der Waals surface area contributed by atoms with Crippen LogP contribution < -0.4 is 10.1 Å². The van der Waals surface area contributed by atoms with E-state index in [1.54, 1.807) is 32.2 Å². The van der Waals surface area contributed by atoms with Gasteiger partial charge >= 0.3 is 0 Å². The molecule has 2 aromatic rings. The number of nitrogens with zero attached hydrogens (tertiary/aromatic N) is 1. The summed E-state index contributed by atoms with van der Waals surface area (Å²) in [5, 5.41) is 3.78. The van der Waals surface area contributed by atoms with E-state index in [1.807, 2.05) is 45.0 Å². The SMILES string of the molecule is COc1cccc(CN(C(=O)Cc2c(Cl)cccc2Cl)C(C)C(=O)NC(C)(C)C)c1. The van der Waals surface area contributed by atoms with Crippen molar-refractivity contribution in [1.29, 1.82) is 0 Å². The fourth-order valence-electron chi connectivity index (χ4n) is 2.98. The van der Waals surface area contributed by atoms with Crippen molar-refractivity contribution in [3.05, 3.63) is 63.6 Å². The Bertz CT molecular complexity index is 889. The van der Waals surface area contributed by atoms with Gasteiger partial charge in [0.05, 0.1) is 13.5 Å². The largest absolute Gasteiger partial charge is 0.497 e. The first-order valence-electron chi connectivity index (χ1n) is 9.69. The first-order chi connectivity index (χ1) is 14.0. The van der Waals surface area contributed by atoms with Gasteiger partial charge in [-0.3, -0.25) is 9.59 Å². The summed E-state index contributed by atoms with van der Waals surface area (Å²) in [5.74, 6) is 0.203. The van der Waals surface area contributed by atoms with Crippen LogP contribution >= 0.6 is 23.2 Å². The fraction of sp³-hybridized carbons (Fsp3) is 0.391. The Morgan fingerprint density at radius 3 is 2.27 bits per heavy atom. The molecular weight excluding hydrogens is 423 g/mol. The van der Waals surface area contributed by atoms with E-state index < -0.39 is 11.6 Å². The summed E-state index contributed by atoms with van der Waals surface area (Å²) < 4.78 is 5.28. The molecule has 0 saturated heterocycles. The third-order valence-corrected chi connectivity index (χ3v) is 5.25. The highest BCUT2D eigenvalue weighted by molar-refractivity contribution is 6.36. The molecule has 1 N–H and O–H groups in total. The monoisotopic (exact) mass is 450 g/mol. The van der Waals surface area contributed by atoms with Crippen molar-refractivity contribution in [3.8, 4) is 5.75 Å². The number of benzene rings is 2. The van der Waals surface area contributed by atoms with Crippen molar-refractivity contribution >= 4 is 35.0 Å². The lowest BCUT2D eigenvalue weighted by molar-refractivity contribution is -0.140. The van der Waals surface area contributed by atoms with E-state index in [1.165, 1.54) is 4.90 Å². The zero-order chi connectivity index (χ0) is 22.5. The van der Waals surface area contributed by atoms with Crippen molar-refractivity contribution in [3.63, 3.8) is 0 Å². The number of carbonyl (C=O) groups excluding carboxylic acids is 2. The van der Waals surface area contributed by atoms with E-state index in [-0.39, 0.29) is 24.8 Å². The minimum absolute atomic E-state index is 0.00435. The molecule has 0 heterocycles. The van der Waals surface area contributed by atoms with Crippen LogP contribution in [0.5, 0.6) is 5.75 Å². The van der Waals surface area contributed by atoms with Crippen LogP contribution in [0.4, 0.5) is 0 Å². The van der Waals surface area contributed by atoms with Crippen molar-refractivity contribution in [1.82, 2.24) is 10.2 Å². The molecule has 2 amide bonds. The standard InChI is InChI=1S/C23H28Cl2N2O3/c1-15(22(29)26-23(2,3)4)27(14-16-8-6-9-17(12-16)30-5)21(28)13-18-19(24)10-7-11-20(18)25/h6-12,15H,13-14H2,1-5H3,(H,26,29). The molecule has 0 spiro atoms. The second-order valence-corrected chi connectivity index (χ2v) is 8.98. The van der Waals surface area contributed by atoms with E-state index in [2.05, 4.69) is 5.32 Å². The normalized spacial score (nSPS) is 12.2. The van der Waals surface area contributed by atoms with Crippen LogP contribution in [-0.2, 0) is 22.6 Å². The maximum atomic E-state index is 13.3. The molecule has 0 fully saturated rings. The molecule has 0 aliphatic rings. The van der Waals surface area contributed by atoms with E-state index >= 15 is 0 Å². The quantitative estimate of drug-likeness (QED) is 0.653. The zero-order valence-electron chi connectivity index (χ0n) is 18.0. The minimum Gasteiger partial charge on any atom is -0.497 e. The number of halogens is 2. The third kappa shape index (κ3) is 6.64. The topological polar surface area (TPSA) is 58.6 Å². The molecule has 1 unspecified atom stereocenters. The smallest absolute Gasteiger partial charge is 0.242 e. The number of ether oxygens (including phenoxy) is 1. The average molecular weight is 451 g/mol. The molecule has 0 aliphatic heterocycles. The van der Waals surface area contributed by atoms with Crippen LogP contribution in [0.25, 0.3) is 0 Å². The summed E-state index contributed by atoms with van der Waals surface area (Å²) in [6.07, 6.45) is -0.00435. The molecule has 0 bridgehead atoms. The van der Waals surface area contributed by atoms with Crippen LogP contribution in [-0.4, -0.2) is 35.4 Å². The van der Waals surface area contributed by atoms with Crippen LogP contribution in [0.2, 0.25) is 10.0 Å². The van der Waals surface area contributed by atoms with Crippen LogP contribution in [0.1, 0.15) is 38.8 Å². The molecule has 5 nitrogen and oxygen atoms in total. The number of amides is 2. The number of hydrogen-bond acceptors (Lipinski definition) is 3. The van der Waals surface area contributed by atoms with Crippen LogP contribution in [0, 0.1) is 0 Å². The Kier molecular flexibility index (Phi) is 8.16. The summed E-state index contributed by atoms with van der Waals surface area (Å²) in [4.78, 5) is 27.6. The molecule has 2 rings (SSSR count). The Morgan fingerprint density at radius 2 is 1.70 bits per heavy atom. The predicted molar refractivity (Wildman–Crippen MR) is 121 cm³/mol. The second kappa shape index (κ2) is 10.2. The highest BCUT2D eigenvalue weighted by Gasteiger charge is 2.29. The van der Waals surface area contributed by atoms with E-state index in [0.717, 1.165) is 5.56 Å². The maximum Gasteiger partial charge on any atom is 0.242 e. The van der Waals surface area contributed by atoms with Gasteiger partial charge in [-0.25, -0.2) is 0 Å². The molecule has 0 aromatic heterocycles. The van der Waals surface area contributed by atoms with Crippen LogP contribution in [0.15, 0.2) is 42.5 Å². The molecule has 7 heteroatoms. The van der Waals surface area contributed by atoms with E-state index in [9.17, 15) is 9.59 Å².